The summed E-state index contributed by atoms with van der Waals surface area (Å²) in [6, 6.07) is -0.573. The van der Waals surface area contributed by atoms with Gasteiger partial charge in [0.05, 0.1) is 0 Å². The molecule has 0 aromatic rings. The van der Waals surface area contributed by atoms with E-state index in [2.05, 4.69) is 10.2 Å². The second-order valence-electron chi connectivity index (χ2n) is 4.45. The minimum atomic E-state index is -0.573. The zero-order valence-corrected chi connectivity index (χ0v) is 9.23. The zero-order chi connectivity index (χ0) is 11.7. The van der Waals surface area contributed by atoms with E-state index in [1.807, 2.05) is 7.05 Å². The molecule has 1 N–H and O–H groups in total. The highest BCUT2D eigenvalue weighted by molar-refractivity contribution is 6.14. The van der Waals surface area contributed by atoms with Crippen LogP contribution in [0.5, 0.6) is 0 Å². The Bertz CT molecular complexity index is 322. The van der Waals surface area contributed by atoms with Crippen LogP contribution in [0.15, 0.2) is 0 Å². The average Bonchev–Trinajstić information content (AvgIpc) is 2.58. The molecule has 0 aromatic carbocycles. The van der Waals surface area contributed by atoms with Crippen molar-refractivity contribution in [1.29, 1.82) is 0 Å². The highest BCUT2D eigenvalue weighted by atomic mass is 16.2. The molecular formula is C10H15N3O3. The number of hydrogen-bond donors (Lipinski definition) is 1. The average molecular weight is 225 g/mol. The number of barbiturate groups is 1. The number of carbonyl (C=O) groups is 3. The van der Waals surface area contributed by atoms with E-state index in [1.165, 1.54) is 0 Å². The molecule has 2 fully saturated rings. The van der Waals surface area contributed by atoms with Crippen molar-refractivity contribution in [3.63, 3.8) is 0 Å². The standard InChI is InChI=1S/C10H15N3O3/c1-12-3-2-7(5-12)6-13-9(15)4-8(14)11-10(13)16/h7H,2-6H2,1H3,(H,11,14,16). The molecular weight excluding hydrogens is 210 g/mol. The molecule has 1 unspecified atom stereocenters. The van der Waals surface area contributed by atoms with Gasteiger partial charge in [0.1, 0.15) is 6.42 Å². The lowest BCUT2D eigenvalue weighted by atomic mass is 10.1. The monoisotopic (exact) mass is 225 g/mol. The number of nitrogens with zero attached hydrogens (tertiary/aromatic N) is 2. The van der Waals surface area contributed by atoms with Crippen molar-refractivity contribution in [3.05, 3.63) is 0 Å². The number of nitrogens with one attached hydrogen (secondary N) is 1. The predicted octanol–water partition coefficient (Wildman–Crippen LogP) is -0.593. The fourth-order valence-electron chi connectivity index (χ4n) is 2.20. The van der Waals surface area contributed by atoms with Crippen LogP contribution >= 0.6 is 0 Å². The van der Waals surface area contributed by atoms with Crippen LogP contribution in [0, 0.1) is 5.92 Å². The fourth-order valence-corrected chi connectivity index (χ4v) is 2.20. The lowest BCUT2D eigenvalue weighted by Gasteiger charge is -2.27. The third kappa shape index (κ3) is 2.21. The number of urea groups is 1. The molecule has 2 aliphatic rings. The van der Waals surface area contributed by atoms with Gasteiger partial charge >= 0.3 is 6.03 Å². The van der Waals surface area contributed by atoms with Gasteiger partial charge in [-0.1, -0.05) is 0 Å². The summed E-state index contributed by atoms with van der Waals surface area (Å²) in [7, 11) is 2.02. The van der Waals surface area contributed by atoms with Crippen LogP contribution in [-0.4, -0.2) is 54.3 Å². The maximum absolute atomic E-state index is 11.5. The van der Waals surface area contributed by atoms with E-state index >= 15 is 0 Å². The van der Waals surface area contributed by atoms with E-state index in [1.54, 1.807) is 0 Å². The van der Waals surface area contributed by atoms with E-state index < -0.39 is 11.9 Å². The van der Waals surface area contributed by atoms with E-state index in [4.69, 9.17) is 0 Å². The van der Waals surface area contributed by atoms with E-state index in [9.17, 15) is 14.4 Å². The zero-order valence-electron chi connectivity index (χ0n) is 9.23. The molecule has 0 bridgehead atoms. The topological polar surface area (TPSA) is 69.7 Å². The SMILES string of the molecule is CN1CCC(CN2C(=O)CC(=O)NC2=O)C1. The molecule has 0 radical (unpaired) electrons. The van der Waals surface area contributed by atoms with Crippen molar-refractivity contribution < 1.29 is 14.4 Å². The van der Waals surface area contributed by atoms with Crippen LogP contribution < -0.4 is 5.32 Å². The van der Waals surface area contributed by atoms with Gasteiger partial charge < -0.3 is 4.90 Å². The van der Waals surface area contributed by atoms with Gasteiger partial charge in [0.25, 0.3) is 0 Å². The number of imide groups is 2. The van der Waals surface area contributed by atoms with Gasteiger partial charge in [-0.2, -0.15) is 0 Å². The first-order chi connectivity index (χ1) is 7.56. The molecule has 2 rings (SSSR count). The molecule has 0 saturated carbocycles. The van der Waals surface area contributed by atoms with Gasteiger partial charge in [-0.25, -0.2) is 4.79 Å². The maximum Gasteiger partial charge on any atom is 0.330 e. The molecule has 1 atom stereocenters. The van der Waals surface area contributed by atoms with Gasteiger partial charge in [-0.15, -0.1) is 0 Å². The minimum absolute atomic E-state index is 0.214. The quantitative estimate of drug-likeness (QED) is 0.637. The smallest absolute Gasteiger partial charge is 0.306 e. The van der Waals surface area contributed by atoms with Gasteiger partial charge in [0.15, 0.2) is 0 Å². The first-order valence-electron chi connectivity index (χ1n) is 5.39. The summed E-state index contributed by atoms with van der Waals surface area (Å²) in [5, 5.41) is 2.16. The van der Waals surface area contributed by atoms with Gasteiger partial charge in [0.2, 0.25) is 11.8 Å². The third-order valence-electron chi connectivity index (χ3n) is 3.03. The van der Waals surface area contributed by atoms with Crippen molar-refractivity contribution in [1.82, 2.24) is 15.1 Å². The third-order valence-corrected chi connectivity index (χ3v) is 3.03. The molecule has 6 heteroatoms. The van der Waals surface area contributed by atoms with Crippen molar-refractivity contribution in [2.45, 2.75) is 12.8 Å². The highest BCUT2D eigenvalue weighted by Crippen LogP contribution is 2.17. The van der Waals surface area contributed by atoms with Crippen LogP contribution in [0.25, 0.3) is 0 Å². The summed E-state index contributed by atoms with van der Waals surface area (Å²) < 4.78 is 0. The Morgan fingerprint density at radius 1 is 1.38 bits per heavy atom. The normalized spacial score (nSPS) is 27.4. The molecule has 2 heterocycles. The lowest BCUT2D eigenvalue weighted by molar-refractivity contribution is -0.136. The summed E-state index contributed by atoms with van der Waals surface area (Å²) in [5.41, 5.74) is 0. The van der Waals surface area contributed by atoms with E-state index in [0.29, 0.717) is 12.5 Å². The molecule has 0 spiro atoms. The van der Waals surface area contributed by atoms with Gasteiger partial charge in [-0.05, 0) is 25.9 Å². The van der Waals surface area contributed by atoms with Crippen molar-refractivity contribution in [2.24, 2.45) is 5.92 Å². The second kappa shape index (κ2) is 4.21. The van der Waals surface area contributed by atoms with Crippen LogP contribution in [0.1, 0.15) is 12.8 Å². The van der Waals surface area contributed by atoms with Gasteiger partial charge in [0, 0.05) is 13.1 Å². The number of carbonyl (C=O) groups excluding carboxylic acids is 3. The molecule has 2 saturated heterocycles. The highest BCUT2D eigenvalue weighted by Gasteiger charge is 2.33. The van der Waals surface area contributed by atoms with Crippen molar-refractivity contribution in [2.75, 3.05) is 26.7 Å². The Kier molecular flexibility index (Phi) is 2.91. The Hall–Kier alpha value is -1.43. The fraction of sp³-hybridized carbons (Fsp3) is 0.700. The first-order valence-corrected chi connectivity index (χ1v) is 5.39. The summed E-state index contributed by atoms with van der Waals surface area (Å²) in [6.45, 7) is 2.31. The minimum Gasteiger partial charge on any atom is -0.306 e. The lowest BCUT2D eigenvalue weighted by Crippen LogP contribution is -2.54. The Morgan fingerprint density at radius 3 is 2.69 bits per heavy atom. The molecule has 4 amide bonds. The largest absolute Gasteiger partial charge is 0.330 e. The van der Waals surface area contributed by atoms with Crippen molar-refractivity contribution >= 4 is 17.8 Å². The van der Waals surface area contributed by atoms with E-state index in [-0.39, 0.29) is 12.3 Å². The maximum atomic E-state index is 11.5. The Balaban J connectivity index is 1.96. The second-order valence-corrected chi connectivity index (χ2v) is 4.45. The van der Waals surface area contributed by atoms with Crippen LogP contribution in [-0.2, 0) is 9.59 Å². The Labute approximate surface area is 93.6 Å². The summed E-state index contributed by atoms with van der Waals surface area (Å²) >= 11 is 0. The number of likely N-dealkylation sites (tertiary alicyclic amines) is 1. The summed E-state index contributed by atoms with van der Waals surface area (Å²) in [5.74, 6) is -0.564. The number of rotatable bonds is 2. The number of hydrogen-bond acceptors (Lipinski definition) is 4. The molecule has 0 aliphatic carbocycles. The summed E-state index contributed by atoms with van der Waals surface area (Å²) in [6.07, 6.45) is 0.774. The van der Waals surface area contributed by atoms with Crippen LogP contribution in [0.3, 0.4) is 0 Å². The molecule has 6 nitrogen and oxygen atoms in total. The van der Waals surface area contributed by atoms with Crippen LogP contribution in [0.2, 0.25) is 0 Å². The van der Waals surface area contributed by atoms with Crippen LogP contribution in [0.4, 0.5) is 4.79 Å². The molecule has 2 aliphatic heterocycles. The molecule has 88 valence electrons. The first kappa shape index (κ1) is 11.1. The van der Waals surface area contributed by atoms with Gasteiger partial charge in [-0.3, -0.25) is 19.8 Å². The van der Waals surface area contributed by atoms with E-state index in [0.717, 1.165) is 24.4 Å². The Morgan fingerprint density at radius 2 is 2.12 bits per heavy atom. The molecule has 0 aromatic heterocycles. The predicted molar refractivity (Wildman–Crippen MR) is 55.5 cm³/mol. The van der Waals surface area contributed by atoms with Crippen molar-refractivity contribution in [3.8, 4) is 0 Å². The summed E-state index contributed by atoms with van der Waals surface area (Å²) in [4.78, 5) is 37.2. The number of amides is 4. The molecule has 16 heavy (non-hydrogen) atoms.